The van der Waals surface area contributed by atoms with Crippen LogP contribution in [0.2, 0.25) is 0 Å². The summed E-state index contributed by atoms with van der Waals surface area (Å²) in [4.78, 5) is 11.7. The van der Waals surface area contributed by atoms with Crippen LogP contribution < -0.4 is 10.6 Å². The van der Waals surface area contributed by atoms with Crippen LogP contribution in [0, 0.1) is 0 Å². The Balaban J connectivity index is 1.93. The van der Waals surface area contributed by atoms with Crippen molar-refractivity contribution in [3.05, 3.63) is 48.2 Å². The van der Waals surface area contributed by atoms with Crippen LogP contribution >= 0.6 is 12.2 Å². The van der Waals surface area contributed by atoms with Gasteiger partial charge in [0.05, 0.1) is 0 Å². The lowest BCUT2D eigenvalue weighted by atomic mass is 10.2. The average Bonchev–Trinajstić information content (AvgIpc) is 2.82. The lowest BCUT2D eigenvalue weighted by molar-refractivity contribution is 0.0978. The van der Waals surface area contributed by atoms with E-state index in [4.69, 9.17) is 12.2 Å². The summed E-state index contributed by atoms with van der Waals surface area (Å²) >= 11 is 4.98. The molecule has 1 aromatic carbocycles. The lowest BCUT2D eigenvalue weighted by Crippen LogP contribution is -2.34. The SMILES string of the molecule is O=C(NC(=S)Nc1cc[nH]n1)c1ccccc1. The van der Waals surface area contributed by atoms with Gasteiger partial charge in [-0.3, -0.25) is 15.2 Å². The number of thiocarbonyl (C=S) groups is 1. The normalized spacial score (nSPS) is 9.65. The van der Waals surface area contributed by atoms with Crippen LogP contribution in [0.1, 0.15) is 10.4 Å². The first-order valence-corrected chi connectivity index (χ1v) is 5.34. The van der Waals surface area contributed by atoms with Gasteiger partial charge in [0.15, 0.2) is 10.9 Å². The zero-order valence-corrected chi connectivity index (χ0v) is 9.62. The van der Waals surface area contributed by atoms with Gasteiger partial charge in [-0.1, -0.05) is 18.2 Å². The second-order valence-corrected chi connectivity index (χ2v) is 3.64. The zero-order valence-electron chi connectivity index (χ0n) is 8.81. The van der Waals surface area contributed by atoms with Crippen LogP contribution in [0.15, 0.2) is 42.6 Å². The number of rotatable bonds is 2. The summed E-state index contributed by atoms with van der Waals surface area (Å²) in [5.74, 6) is 0.307. The summed E-state index contributed by atoms with van der Waals surface area (Å²) in [7, 11) is 0. The van der Waals surface area contributed by atoms with Crippen molar-refractivity contribution < 1.29 is 4.79 Å². The van der Waals surface area contributed by atoms with E-state index in [0.29, 0.717) is 11.4 Å². The van der Waals surface area contributed by atoms with E-state index in [-0.39, 0.29) is 11.0 Å². The third-order valence-corrected chi connectivity index (χ3v) is 2.21. The van der Waals surface area contributed by atoms with Gasteiger partial charge in [0.25, 0.3) is 5.91 Å². The highest BCUT2D eigenvalue weighted by molar-refractivity contribution is 7.80. The largest absolute Gasteiger partial charge is 0.316 e. The minimum atomic E-state index is -0.251. The number of amides is 1. The molecule has 1 amide bonds. The second kappa shape index (κ2) is 5.22. The highest BCUT2D eigenvalue weighted by Gasteiger charge is 2.07. The molecule has 0 radical (unpaired) electrons. The van der Waals surface area contributed by atoms with Crippen molar-refractivity contribution >= 4 is 29.1 Å². The molecule has 86 valence electrons. The minimum Gasteiger partial charge on any atom is -0.316 e. The number of nitrogens with zero attached hydrogens (tertiary/aromatic N) is 1. The Morgan fingerprint density at radius 1 is 1.24 bits per heavy atom. The predicted octanol–water partition coefficient (Wildman–Crippen LogP) is 1.54. The van der Waals surface area contributed by atoms with Gasteiger partial charge in [-0.25, -0.2) is 0 Å². The summed E-state index contributed by atoms with van der Waals surface area (Å²) in [6.45, 7) is 0. The Morgan fingerprint density at radius 2 is 2.00 bits per heavy atom. The van der Waals surface area contributed by atoms with E-state index in [1.807, 2.05) is 6.07 Å². The van der Waals surface area contributed by atoms with Crippen molar-refractivity contribution in [3.63, 3.8) is 0 Å². The standard InChI is InChI=1S/C11H10N4OS/c16-10(8-4-2-1-3-5-8)14-11(17)13-9-6-7-12-15-9/h1-7H,(H3,12,13,14,15,16,17). The molecular formula is C11H10N4OS. The molecule has 1 heterocycles. The molecule has 5 nitrogen and oxygen atoms in total. The fraction of sp³-hybridized carbons (Fsp3) is 0. The molecule has 0 atom stereocenters. The van der Waals surface area contributed by atoms with Gasteiger partial charge in [0.1, 0.15) is 0 Å². The number of aromatic nitrogens is 2. The summed E-state index contributed by atoms with van der Waals surface area (Å²) in [6.07, 6.45) is 1.66. The maximum absolute atomic E-state index is 11.7. The summed E-state index contributed by atoms with van der Waals surface area (Å²) in [5, 5.41) is 12.1. The van der Waals surface area contributed by atoms with Crippen LogP contribution in [-0.2, 0) is 0 Å². The average molecular weight is 246 g/mol. The molecule has 0 aliphatic carbocycles. The van der Waals surface area contributed by atoms with Crippen LogP contribution in [-0.4, -0.2) is 21.2 Å². The molecule has 0 spiro atoms. The van der Waals surface area contributed by atoms with Gasteiger partial charge in [-0.15, -0.1) is 0 Å². The predicted molar refractivity (Wildman–Crippen MR) is 68.7 cm³/mol. The first-order valence-electron chi connectivity index (χ1n) is 4.93. The Bertz CT molecular complexity index is 510. The highest BCUT2D eigenvalue weighted by atomic mass is 32.1. The van der Waals surface area contributed by atoms with Crippen molar-refractivity contribution in [2.24, 2.45) is 0 Å². The molecule has 3 N–H and O–H groups in total. The molecular weight excluding hydrogens is 236 g/mol. The van der Waals surface area contributed by atoms with Gasteiger partial charge in [-0.2, -0.15) is 5.10 Å². The smallest absolute Gasteiger partial charge is 0.257 e. The second-order valence-electron chi connectivity index (χ2n) is 3.23. The third kappa shape index (κ3) is 3.12. The fourth-order valence-corrected chi connectivity index (χ4v) is 1.44. The fourth-order valence-electron chi connectivity index (χ4n) is 1.24. The topological polar surface area (TPSA) is 69.8 Å². The van der Waals surface area contributed by atoms with E-state index in [2.05, 4.69) is 20.8 Å². The van der Waals surface area contributed by atoms with Gasteiger partial charge in [0.2, 0.25) is 0 Å². The Kier molecular flexibility index (Phi) is 3.46. The molecule has 0 fully saturated rings. The molecule has 17 heavy (non-hydrogen) atoms. The number of benzene rings is 1. The Labute approximate surface area is 103 Å². The first-order chi connectivity index (χ1) is 8.25. The van der Waals surface area contributed by atoms with Gasteiger partial charge in [0, 0.05) is 17.8 Å². The number of anilines is 1. The summed E-state index contributed by atoms with van der Waals surface area (Å²) in [5.41, 5.74) is 0.554. The molecule has 0 aliphatic heterocycles. The van der Waals surface area contributed by atoms with Gasteiger partial charge < -0.3 is 5.32 Å². The van der Waals surface area contributed by atoms with Crippen molar-refractivity contribution in [2.45, 2.75) is 0 Å². The minimum absolute atomic E-state index is 0.214. The lowest BCUT2D eigenvalue weighted by Gasteiger charge is -2.06. The molecule has 0 unspecified atom stereocenters. The molecule has 6 heteroatoms. The number of nitrogens with one attached hydrogen (secondary N) is 3. The number of carbonyl (C=O) groups is 1. The van der Waals surface area contributed by atoms with Crippen molar-refractivity contribution in [3.8, 4) is 0 Å². The third-order valence-electron chi connectivity index (χ3n) is 2.01. The number of hydrogen-bond acceptors (Lipinski definition) is 3. The molecule has 2 rings (SSSR count). The van der Waals surface area contributed by atoms with E-state index in [0.717, 1.165) is 0 Å². The van der Waals surface area contributed by atoms with Gasteiger partial charge >= 0.3 is 0 Å². The molecule has 0 bridgehead atoms. The van der Waals surface area contributed by atoms with E-state index in [1.165, 1.54) is 0 Å². The molecule has 0 saturated heterocycles. The number of H-pyrrole nitrogens is 1. The van der Waals surface area contributed by atoms with Crippen molar-refractivity contribution in [2.75, 3.05) is 5.32 Å². The monoisotopic (exact) mass is 246 g/mol. The first kappa shape index (κ1) is 11.3. The maximum atomic E-state index is 11.7. The maximum Gasteiger partial charge on any atom is 0.257 e. The quantitative estimate of drug-likeness (QED) is 0.703. The van der Waals surface area contributed by atoms with Crippen molar-refractivity contribution in [1.82, 2.24) is 15.5 Å². The molecule has 2 aromatic rings. The molecule has 0 saturated carbocycles. The van der Waals surface area contributed by atoms with Crippen LogP contribution in [0.4, 0.5) is 5.82 Å². The summed E-state index contributed by atoms with van der Waals surface area (Å²) < 4.78 is 0. The Hall–Kier alpha value is -2.21. The number of carbonyl (C=O) groups excluding carboxylic acids is 1. The molecule has 0 aliphatic rings. The zero-order chi connectivity index (χ0) is 12.1. The van der Waals surface area contributed by atoms with Crippen LogP contribution in [0.5, 0.6) is 0 Å². The summed E-state index contributed by atoms with van der Waals surface area (Å²) in [6, 6.07) is 10.6. The van der Waals surface area contributed by atoms with E-state index in [9.17, 15) is 4.79 Å². The number of aromatic amines is 1. The van der Waals surface area contributed by atoms with E-state index < -0.39 is 0 Å². The highest BCUT2D eigenvalue weighted by Crippen LogP contribution is 2.00. The Morgan fingerprint density at radius 3 is 2.65 bits per heavy atom. The molecule has 1 aromatic heterocycles. The van der Waals surface area contributed by atoms with Gasteiger partial charge in [-0.05, 0) is 24.4 Å². The van der Waals surface area contributed by atoms with Crippen LogP contribution in [0.25, 0.3) is 0 Å². The van der Waals surface area contributed by atoms with Crippen LogP contribution in [0.3, 0.4) is 0 Å². The van der Waals surface area contributed by atoms with Crippen molar-refractivity contribution in [1.29, 1.82) is 0 Å². The van der Waals surface area contributed by atoms with E-state index >= 15 is 0 Å². The number of hydrogen-bond donors (Lipinski definition) is 3. The van der Waals surface area contributed by atoms with E-state index in [1.54, 1.807) is 36.5 Å².